The second-order valence-electron chi connectivity index (χ2n) is 5.12. The molecule has 0 bridgehead atoms. The molecule has 5 nitrogen and oxygen atoms in total. The molecule has 0 aliphatic heterocycles. The molecule has 0 saturated heterocycles. The molecule has 0 heterocycles. The normalized spacial score (nSPS) is 11.5. The average Bonchev–Trinajstić information content (AvgIpc) is 2.60. The van der Waals surface area contributed by atoms with Crippen molar-refractivity contribution in [2.75, 3.05) is 20.8 Å². The fraction of sp³-hybridized carbons (Fsp3) is 0.278. The lowest BCUT2D eigenvalue weighted by atomic mass is 10.1. The highest BCUT2D eigenvalue weighted by molar-refractivity contribution is 5.78. The van der Waals surface area contributed by atoms with E-state index in [0.29, 0.717) is 11.5 Å². The number of hydrogen-bond donors (Lipinski definition) is 1. The van der Waals surface area contributed by atoms with Crippen molar-refractivity contribution in [2.45, 2.75) is 13.0 Å². The Morgan fingerprint density at radius 2 is 1.79 bits per heavy atom. The van der Waals surface area contributed by atoms with Crippen molar-refractivity contribution >= 4 is 5.91 Å². The van der Waals surface area contributed by atoms with Crippen LogP contribution in [0.4, 0.5) is 4.39 Å². The van der Waals surface area contributed by atoms with E-state index >= 15 is 0 Å². The van der Waals surface area contributed by atoms with Gasteiger partial charge in [-0.25, -0.2) is 4.39 Å². The zero-order valence-electron chi connectivity index (χ0n) is 13.8. The quantitative estimate of drug-likeness (QED) is 0.846. The van der Waals surface area contributed by atoms with Gasteiger partial charge in [0.1, 0.15) is 0 Å². The Hall–Kier alpha value is -2.76. The Labute approximate surface area is 140 Å². The van der Waals surface area contributed by atoms with Crippen LogP contribution in [0.25, 0.3) is 0 Å². The third kappa shape index (κ3) is 4.38. The van der Waals surface area contributed by atoms with Crippen molar-refractivity contribution in [1.29, 1.82) is 0 Å². The van der Waals surface area contributed by atoms with Gasteiger partial charge in [-0.2, -0.15) is 0 Å². The van der Waals surface area contributed by atoms with E-state index in [0.717, 1.165) is 5.56 Å². The van der Waals surface area contributed by atoms with E-state index in [1.807, 2.05) is 13.0 Å². The van der Waals surface area contributed by atoms with Crippen molar-refractivity contribution < 1.29 is 23.4 Å². The van der Waals surface area contributed by atoms with Gasteiger partial charge in [0.25, 0.3) is 5.91 Å². The van der Waals surface area contributed by atoms with E-state index in [2.05, 4.69) is 5.32 Å². The van der Waals surface area contributed by atoms with Gasteiger partial charge in [0.2, 0.25) is 0 Å². The standard InChI is InChI=1S/C18H20FNO4/c1-12(13-8-9-16(22-2)17(10-13)23-3)20-18(21)11-24-15-7-5-4-6-14(15)19/h4-10,12H,11H2,1-3H3,(H,20,21)/t12-/m1/s1. The van der Waals surface area contributed by atoms with Gasteiger partial charge in [-0.1, -0.05) is 18.2 Å². The molecule has 1 N–H and O–H groups in total. The minimum atomic E-state index is -0.502. The van der Waals surface area contributed by atoms with Crippen molar-refractivity contribution in [1.82, 2.24) is 5.32 Å². The zero-order chi connectivity index (χ0) is 17.5. The predicted octanol–water partition coefficient (Wildman–Crippen LogP) is 3.10. The van der Waals surface area contributed by atoms with Gasteiger partial charge in [-0.3, -0.25) is 4.79 Å². The molecule has 1 atom stereocenters. The lowest BCUT2D eigenvalue weighted by Gasteiger charge is -2.17. The molecule has 0 radical (unpaired) electrons. The Morgan fingerprint density at radius 1 is 1.08 bits per heavy atom. The molecule has 0 aliphatic rings. The molecule has 0 fully saturated rings. The van der Waals surface area contributed by atoms with Crippen LogP contribution in [-0.4, -0.2) is 26.7 Å². The fourth-order valence-electron chi connectivity index (χ4n) is 2.19. The van der Waals surface area contributed by atoms with Crippen LogP contribution in [0.2, 0.25) is 0 Å². The van der Waals surface area contributed by atoms with Gasteiger partial charge in [0.05, 0.1) is 20.3 Å². The molecule has 0 unspecified atom stereocenters. The summed E-state index contributed by atoms with van der Waals surface area (Å²) in [5, 5.41) is 2.79. The van der Waals surface area contributed by atoms with Crippen LogP contribution in [-0.2, 0) is 4.79 Å². The van der Waals surface area contributed by atoms with E-state index in [1.54, 1.807) is 38.5 Å². The molecular weight excluding hydrogens is 313 g/mol. The average molecular weight is 333 g/mol. The van der Waals surface area contributed by atoms with Gasteiger partial charge >= 0.3 is 0 Å². The minimum absolute atomic E-state index is 0.0476. The number of halogens is 1. The Bertz CT molecular complexity index is 705. The maximum atomic E-state index is 13.4. The van der Waals surface area contributed by atoms with Gasteiger partial charge in [0.15, 0.2) is 29.7 Å². The Balaban J connectivity index is 1.95. The van der Waals surface area contributed by atoms with Crippen LogP contribution in [0, 0.1) is 5.82 Å². The molecule has 6 heteroatoms. The van der Waals surface area contributed by atoms with Gasteiger partial charge in [-0.15, -0.1) is 0 Å². The molecule has 0 saturated carbocycles. The van der Waals surface area contributed by atoms with E-state index in [1.165, 1.54) is 12.1 Å². The lowest BCUT2D eigenvalue weighted by Crippen LogP contribution is -2.31. The van der Waals surface area contributed by atoms with E-state index < -0.39 is 5.82 Å². The van der Waals surface area contributed by atoms with Crippen molar-refractivity contribution in [3.63, 3.8) is 0 Å². The molecule has 24 heavy (non-hydrogen) atoms. The van der Waals surface area contributed by atoms with Crippen LogP contribution in [0.15, 0.2) is 42.5 Å². The predicted molar refractivity (Wildman–Crippen MR) is 88.0 cm³/mol. The summed E-state index contributed by atoms with van der Waals surface area (Å²) < 4.78 is 29.1. The molecule has 0 aromatic heterocycles. The lowest BCUT2D eigenvalue weighted by molar-refractivity contribution is -0.123. The monoisotopic (exact) mass is 333 g/mol. The summed E-state index contributed by atoms with van der Waals surface area (Å²) in [5.74, 6) is 0.395. The first kappa shape index (κ1) is 17.6. The summed E-state index contributed by atoms with van der Waals surface area (Å²) in [6.45, 7) is 1.57. The van der Waals surface area contributed by atoms with Crippen molar-refractivity contribution in [2.24, 2.45) is 0 Å². The highest BCUT2D eigenvalue weighted by Crippen LogP contribution is 2.29. The number of carbonyl (C=O) groups is 1. The first-order valence-electron chi connectivity index (χ1n) is 7.43. The molecule has 2 rings (SSSR count). The highest BCUT2D eigenvalue weighted by atomic mass is 19.1. The number of methoxy groups -OCH3 is 2. The summed E-state index contributed by atoms with van der Waals surface area (Å²) in [4.78, 5) is 12.0. The number of para-hydroxylation sites is 1. The number of ether oxygens (including phenoxy) is 3. The summed E-state index contributed by atoms with van der Waals surface area (Å²) >= 11 is 0. The number of carbonyl (C=O) groups excluding carboxylic acids is 1. The van der Waals surface area contributed by atoms with Crippen LogP contribution in [0.3, 0.4) is 0 Å². The van der Waals surface area contributed by atoms with Crippen molar-refractivity contribution in [3.8, 4) is 17.2 Å². The number of amides is 1. The summed E-state index contributed by atoms with van der Waals surface area (Å²) in [5.41, 5.74) is 0.854. The Morgan fingerprint density at radius 3 is 2.46 bits per heavy atom. The molecule has 0 spiro atoms. The molecular formula is C18H20FNO4. The number of nitrogens with one attached hydrogen (secondary N) is 1. The minimum Gasteiger partial charge on any atom is -0.493 e. The maximum absolute atomic E-state index is 13.4. The largest absolute Gasteiger partial charge is 0.493 e. The topological polar surface area (TPSA) is 56.8 Å². The second-order valence-corrected chi connectivity index (χ2v) is 5.12. The molecule has 2 aromatic rings. The number of benzene rings is 2. The first-order chi connectivity index (χ1) is 11.5. The Kier molecular flexibility index (Phi) is 6.01. The molecule has 2 aromatic carbocycles. The van der Waals surface area contributed by atoms with E-state index in [4.69, 9.17) is 14.2 Å². The van der Waals surface area contributed by atoms with Crippen molar-refractivity contribution in [3.05, 3.63) is 53.8 Å². The maximum Gasteiger partial charge on any atom is 0.258 e. The summed E-state index contributed by atoms with van der Waals surface area (Å²) in [7, 11) is 3.11. The summed E-state index contributed by atoms with van der Waals surface area (Å²) in [6.07, 6.45) is 0. The fourth-order valence-corrected chi connectivity index (χ4v) is 2.19. The third-order valence-corrected chi connectivity index (χ3v) is 3.48. The highest BCUT2D eigenvalue weighted by Gasteiger charge is 2.13. The van der Waals surface area contributed by atoms with Gasteiger partial charge in [-0.05, 0) is 36.8 Å². The van der Waals surface area contributed by atoms with Crippen LogP contribution < -0.4 is 19.5 Å². The molecule has 0 aliphatic carbocycles. The summed E-state index contributed by atoms with van der Waals surface area (Å²) in [6, 6.07) is 11.1. The first-order valence-corrected chi connectivity index (χ1v) is 7.43. The third-order valence-electron chi connectivity index (χ3n) is 3.48. The van der Waals surface area contributed by atoms with Crippen LogP contribution in [0.5, 0.6) is 17.2 Å². The zero-order valence-corrected chi connectivity index (χ0v) is 13.8. The van der Waals surface area contributed by atoms with E-state index in [9.17, 15) is 9.18 Å². The molecule has 1 amide bonds. The van der Waals surface area contributed by atoms with Crippen LogP contribution >= 0.6 is 0 Å². The van der Waals surface area contributed by atoms with Crippen LogP contribution in [0.1, 0.15) is 18.5 Å². The van der Waals surface area contributed by atoms with Gasteiger partial charge < -0.3 is 19.5 Å². The van der Waals surface area contributed by atoms with E-state index in [-0.39, 0.29) is 24.3 Å². The SMILES string of the molecule is COc1ccc([C@@H](C)NC(=O)COc2ccccc2F)cc1OC. The smallest absolute Gasteiger partial charge is 0.258 e. The molecule has 128 valence electrons. The number of rotatable bonds is 7. The van der Waals surface area contributed by atoms with Gasteiger partial charge in [0, 0.05) is 0 Å². The number of hydrogen-bond acceptors (Lipinski definition) is 4. The second kappa shape index (κ2) is 8.19.